The van der Waals surface area contributed by atoms with Crippen molar-refractivity contribution >= 4 is 11.6 Å². The molecule has 0 saturated carbocycles. The van der Waals surface area contributed by atoms with E-state index in [1.807, 2.05) is 48.5 Å². The van der Waals surface area contributed by atoms with Gasteiger partial charge in [0.05, 0.1) is 5.02 Å². The molecule has 2 rings (SSSR count). The first-order valence-corrected chi connectivity index (χ1v) is 5.89. The van der Waals surface area contributed by atoms with Crippen LogP contribution in [-0.4, -0.2) is 6.54 Å². The number of hydrogen-bond acceptors (Lipinski definition) is 2. The topological polar surface area (TPSA) is 35.2 Å². The zero-order chi connectivity index (χ0) is 12.1. The van der Waals surface area contributed by atoms with Crippen molar-refractivity contribution in [3.05, 3.63) is 59.1 Å². The van der Waals surface area contributed by atoms with Gasteiger partial charge in [-0.3, -0.25) is 0 Å². The molecule has 2 N–H and O–H groups in total. The SMILES string of the molecule is NCCc1cccc(Cl)c1Oc1ccccc1. The van der Waals surface area contributed by atoms with Crippen molar-refractivity contribution < 1.29 is 4.74 Å². The van der Waals surface area contributed by atoms with Crippen LogP contribution in [0, 0.1) is 0 Å². The van der Waals surface area contributed by atoms with Crippen LogP contribution in [-0.2, 0) is 6.42 Å². The Kier molecular flexibility index (Phi) is 4.02. The van der Waals surface area contributed by atoms with Gasteiger partial charge in [0.1, 0.15) is 11.5 Å². The van der Waals surface area contributed by atoms with Crippen LogP contribution in [0.15, 0.2) is 48.5 Å². The van der Waals surface area contributed by atoms with Gasteiger partial charge in [-0.05, 0) is 36.7 Å². The van der Waals surface area contributed by atoms with E-state index in [0.717, 1.165) is 17.7 Å². The van der Waals surface area contributed by atoms with E-state index in [0.29, 0.717) is 17.3 Å². The largest absolute Gasteiger partial charge is 0.456 e. The number of nitrogens with two attached hydrogens (primary N) is 1. The van der Waals surface area contributed by atoms with Crippen LogP contribution in [0.25, 0.3) is 0 Å². The van der Waals surface area contributed by atoms with Gasteiger partial charge in [-0.1, -0.05) is 41.9 Å². The Labute approximate surface area is 106 Å². The minimum atomic E-state index is 0.575. The summed E-state index contributed by atoms with van der Waals surface area (Å²) in [6.07, 6.45) is 0.753. The van der Waals surface area contributed by atoms with Gasteiger partial charge in [-0.2, -0.15) is 0 Å². The Morgan fingerprint density at radius 1 is 1.00 bits per heavy atom. The fourth-order valence-electron chi connectivity index (χ4n) is 1.63. The lowest BCUT2D eigenvalue weighted by Gasteiger charge is -2.12. The number of rotatable bonds is 4. The molecule has 3 heteroatoms. The minimum Gasteiger partial charge on any atom is -0.456 e. The lowest BCUT2D eigenvalue weighted by atomic mass is 10.1. The molecule has 17 heavy (non-hydrogen) atoms. The quantitative estimate of drug-likeness (QED) is 0.895. The van der Waals surface area contributed by atoms with Crippen LogP contribution in [0.1, 0.15) is 5.56 Å². The van der Waals surface area contributed by atoms with E-state index in [1.165, 1.54) is 0 Å². The summed E-state index contributed by atoms with van der Waals surface area (Å²) in [5.41, 5.74) is 6.61. The Hall–Kier alpha value is -1.51. The highest BCUT2D eigenvalue weighted by molar-refractivity contribution is 6.32. The van der Waals surface area contributed by atoms with Gasteiger partial charge in [0.25, 0.3) is 0 Å². The maximum absolute atomic E-state index is 6.15. The molecular formula is C14H14ClNO. The van der Waals surface area contributed by atoms with Crippen molar-refractivity contribution in [2.45, 2.75) is 6.42 Å². The molecule has 0 aliphatic rings. The van der Waals surface area contributed by atoms with Crippen molar-refractivity contribution in [1.82, 2.24) is 0 Å². The van der Waals surface area contributed by atoms with E-state index < -0.39 is 0 Å². The van der Waals surface area contributed by atoms with Crippen LogP contribution >= 0.6 is 11.6 Å². The fraction of sp³-hybridized carbons (Fsp3) is 0.143. The molecule has 88 valence electrons. The molecule has 0 unspecified atom stereocenters. The number of benzene rings is 2. The summed E-state index contributed by atoms with van der Waals surface area (Å²) in [6, 6.07) is 15.3. The molecule has 0 aliphatic heterocycles. The monoisotopic (exact) mass is 247 g/mol. The molecular weight excluding hydrogens is 234 g/mol. The Morgan fingerprint density at radius 3 is 2.47 bits per heavy atom. The normalized spacial score (nSPS) is 10.2. The van der Waals surface area contributed by atoms with Crippen molar-refractivity contribution in [3.63, 3.8) is 0 Å². The first-order chi connectivity index (χ1) is 8.31. The van der Waals surface area contributed by atoms with Crippen molar-refractivity contribution in [2.24, 2.45) is 5.73 Å². The second kappa shape index (κ2) is 5.71. The van der Waals surface area contributed by atoms with Gasteiger partial charge < -0.3 is 10.5 Å². The molecule has 2 nitrogen and oxygen atoms in total. The van der Waals surface area contributed by atoms with Crippen molar-refractivity contribution in [3.8, 4) is 11.5 Å². The highest BCUT2D eigenvalue weighted by Crippen LogP contribution is 2.32. The summed E-state index contributed by atoms with van der Waals surface area (Å²) in [7, 11) is 0. The number of halogens is 1. The molecule has 0 heterocycles. The summed E-state index contributed by atoms with van der Waals surface area (Å²) in [5, 5.41) is 0.611. The molecule has 0 aromatic heterocycles. The zero-order valence-electron chi connectivity index (χ0n) is 9.40. The molecule has 0 radical (unpaired) electrons. The molecule has 0 bridgehead atoms. The van der Waals surface area contributed by atoms with Crippen LogP contribution in [0.5, 0.6) is 11.5 Å². The van der Waals surface area contributed by atoms with Gasteiger partial charge in [0, 0.05) is 0 Å². The highest BCUT2D eigenvalue weighted by atomic mass is 35.5. The molecule has 2 aromatic carbocycles. The van der Waals surface area contributed by atoms with E-state index in [2.05, 4.69) is 0 Å². The van der Waals surface area contributed by atoms with Crippen LogP contribution in [0.3, 0.4) is 0 Å². The standard InChI is InChI=1S/C14H14ClNO/c15-13-8-4-5-11(9-10-16)14(13)17-12-6-2-1-3-7-12/h1-8H,9-10,16H2. The summed E-state index contributed by atoms with van der Waals surface area (Å²) >= 11 is 6.15. The van der Waals surface area contributed by atoms with Gasteiger partial charge in [0.2, 0.25) is 0 Å². The Balaban J connectivity index is 2.31. The highest BCUT2D eigenvalue weighted by Gasteiger charge is 2.08. The van der Waals surface area contributed by atoms with E-state index in [9.17, 15) is 0 Å². The average molecular weight is 248 g/mol. The smallest absolute Gasteiger partial charge is 0.149 e. The van der Waals surface area contributed by atoms with E-state index in [4.69, 9.17) is 22.1 Å². The Bertz CT molecular complexity index is 485. The molecule has 0 amide bonds. The fourth-order valence-corrected chi connectivity index (χ4v) is 1.86. The molecule has 0 fully saturated rings. The average Bonchev–Trinajstić information content (AvgIpc) is 2.35. The third kappa shape index (κ3) is 2.99. The summed E-state index contributed by atoms with van der Waals surface area (Å²) < 4.78 is 5.81. The number of hydrogen-bond donors (Lipinski definition) is 1. The number of para-hydroxylation sites is 2. The first-order valence-electron chi connectivity index (χ1n) is 5.51. The van der Waals surface area contributed by atoms with Gasteiger partial charge >= 0.3 is 0 Å². The minimum absolute atomic E-state index is 0.575. The van der Waals surface area contributed by atoms with Gasteiger partial charge in [-0.15, -0.1) is 0 Å². The predicted octanol–water partition coefficient (Wildman–Crippen LogP) is 3.63. The lowest BCUT2D eigenvalue weighted by molar-refractivity contribution is 0.476. The van der Waals surface area contributed by atoms with Crippen LogP contribution in [0.4, 0.5) is 0 Å². The summed E-state index contributed by atoms with van der Waals surface area (Å²) in [4.78, 5) is 0. The molecule has 0 atom stereocenters. The first kappa shape index (κ1) is 12.0. The second-order valence-electron chi connectivity index (χ2n) is 3.68. The van der Waals surface area contributed by atoms with E-state index in [-0.39, 0.29) is 0 Å². The van der Waals surface area contributed by atoms with Gasteiger partial charge in [0.15, 0.2) is 0 Å². The summed E-state index contributed by atoms with van der Waals surface area (Å²) in [6.45, 7) is 0.575. The van der Waals surface area contributed by atoms with E-state index in [1.54, 1.807) is 0 Å². The molecule has 0 aliphatic carbocycles. The molecule has 2 aromatic rings. The maximum Gasteiger partial charge on any atom is 0.149 e. The van der Waals surface area contributed by atoms with Crippen LogP contribution < -0.4 is 10.5 Å². The lowest BCUT2D eigenvalue weighted by Crippen LogP contribution is -2.04. The van der Waals surface area contributed by atoms with Crippen LogP contribution in [0.2, 0.25) is 5.02 Å². The summed E-state index contributed by atoms with van der Waals surface area (Å²) in [5.74, 6) is 1.48. The third-order valence-electron chi connectivity index (χ3n) is 2.43. The molecule has 0 saturated heterocycles. The van der Waals surface area contributed by atoms with E-state index >= 15 is 0 Å². The third-order valence-corrected chi connectivity index (χ3v) is 2.72. The number of ether oxygens (including phenoxy) is 1. The Morgan fingerprint density at radius 2 is 1.76 bits per heavy atom. The second-order valence-corrected chi connectivity index (χ2v) is 4.09. The van der Waals surface area contributed by atoms with Crippen molar-refractivity contribution in [2.75, 3.05) is 6.54 Å². The van der Waals surface area contributed by atoms with Gasteiger partial charge in [-0.25, -0.2) is 0 Å². The predicted molar refractivity (Wildman–Crippen MR) is 70.7 cm³/mol. The maximum atomic E-state index is 6.15. The van der Waals surface area contributed by atoms with Crippen molar-refractivity contribution in [1.29, 1.82) is 0 Å². The molecule has 0 spiro atoms. The zero-order valence-corrected chi connectivity index (χ0v) is 10.2.